The number of ketones is 1. The topological polar surface area (TPSA) is 26.3 Å². The van der Waals surface area contributed by atoms with Gasteiger partial charge < -0.3 is 4.74 Å². The number of hydrogen-bond donors (Lipinski definition) is 0. The highest BCUT2D eigenvalue weighted by atomic mass is 19.1. The molecule has 0 fully saturated rings. The van der Waals surface area contributed by atoms with E-state index >= 15 is 0 Å². The first kappa shape index (κ1) is 14.7. The van der Waals surface area contributed by atoms with Gasteiger partial charge in [0, 0.05) is 17.5 Å². The molecule has 18 heavy (non-hydrogen) atoms. The summed E-state index contributed by atoms with van der Waals surface area (Å²) in [7, 11) is 1.47. The first-order valence-electron chi connectivity index (χ1n) is 6.51. The zero-order valence-corrected chi connectivity index (χ0v) is 11.3. The van der Waals surface area contributed by atoms with Crippen molar-refractivity contribution in [2.75, 3.05) is 7.11 Å². The molecule has 0 saturated carbocycles. The van der Waals surface area contributed by atoms with Gasteiger partial charge in [0.2, 0.25) is 0 Å². The van der Waals surface area contributed by atoms with Gasteiger partial charge in [-0.25, -0.2) is 4.39 Å². The van der Waals surface area contributed by atoms with Gasteiger partial charge in [-0.1, -0.05) is 26.7 Å². The summed E-state index contributed by atoms with van der Waals surface area (Å²) in [5.41, 5.74) is 0.412. The third-order valence-corrected chi connectivity index (χ3v) is 3.16. The number of methoxy groups -OCH3 is 1. The molecule has 1 aromatic carbocycles. The SMILES string of the molecule is CCCCC(CC)C(=O)c1cc(F)cc(OC)c1. The molecule has 0 bridgehead atoms. The van der Waals surface area contributed by atoms with Crippen molar-refractivity contribution in [3.8, 4) is 5.75 Å². The first-order chi connectivity index (χ1) is 8.62. The van der Waals surface area contributed by atoms with E-state index in [9.17, 15) is 9.18 Å². The molecule has 1 rings (SSSR count). The Hall–Kier alpha value is -1.38. The molecule has 0 N–H and O–H groups in total. The average Bonchev–Trinajstić information content (AvgIpc) is 2.38. The maximum Gasteiger partial charge on any atom is 0.166 e. The minimum absolute atomic E-state index is 0.0172. The predicted molar refractivity (Wildman–Crippen MR) is 70.6 cm³/mol. The van der Waals surface area contributed by atoms with Crippen LogP contribution in [0.3, 0.4) is 0 Å². The second-order valence-electron chi connectivity index (χ2n) is 4.49. The van der Waals surface area contributed by atoms with Gasteiger partial charge >= 0.3 is 0 Å². The number of ether oxygens (including phenoxy) is 1. The normalized spacial score (nSPS) is 12.2. The molecule has 1 aromatic rings. The van der Waals surface area contributed by atoms with Crippen LogP contribution < -0.4 is 4.74 Å². The second kappa shape index (κ2) is 7.14. The van der Waals surface area contributed by atoms with Crippen LogP contribution in [-0.4, -0.2) is 12.9 Å². The van der Waals surface area contributed by atoms with Crippen LogP contribution in [0.15, 0.2) is 18.2 Å². The number of carbonyl (C=O) groups excluding carboxylic acids is 1. The van der Waals surface area contributed by atoms with E-state index in [4.69, 9.17) is 4.74 Å². The van der Waals surface area contributed by atoms with Crippen LogP contribution in [0.1, 0.15) is 49.9 Å². The molecule has 0 aliphatic heterocycles. The maximum absolute atomic E-state index is 13.4. The third kappa shape index (κ3) is 3.83. The molecule has 0 aliphatic carbocycles. The van der Waals surface area contributed by atoms with Crippen LogP contribution in [0.2, 0.25) is 0 Å². The van der Waals surface area contributed by atoms with Crippen LogP contribution in [-0.2, 0) is 0 Å². The summed E-state index contributed by atoms with van der Waals surface area (Å²) in [5, 5.41) is 0. The molecule has 0 spiro atoms. The van der Waals surface area contributed by atoms with Crippen molar-refractivity contribution in [3.05, 3.63) is 29.6 Å². The lowest BCUT2D eigenvalue weighted by molar-refractivity contribution is 0.0907. The average molecular weight is 252 g/mol. The van der Waals surface area contributed by atoms with E-state index in [1.807, 2.05) is 6.92 Å². The van der Waals surface area contributed by atoms with Gasteiger partial charge in [0.1, 0.15) is 11.6 Å². The molecule has 0 heterocycles. The smallest absolute Gasteiger partial charge is 0.166 e. The zero-order valence-electron chi connectivity index (χ0n) is 11.3. The standard InChI is InChI=1S/C15H21FO2/c1-4-6-7-11(5-2)15(17)12-8-13(16)10-14(9-12)18-3/h8-11H,4-7H2,1-3H3. The maximum atomic E-state index is 13.4. The van der Waals surface area contributed by atoms with Crippen molar-refractivity contribution >= 4 is 5.78 Å². The lowest BCUT2D eigenvalue weighted by atomic mass is 9.90. The van der Waals surface area contributed by atoms with Gasteiger partial charge in [-0.3, -0.25) is 4.79 Å². The number of carbonyl (C=O) groups is 1. The summed E-state index contributed by atoms with van der Waals surface area (Å²) >= 11 is 0. The Morgan fingerprint density at radius 3 is 2.61 bits per heavy atom. The zero-order chi connectivity index (χ0) is 13.5. The lowest BCUT2D eigenvalue weighted by Crippen LogP contribution is -2.14. The van der Waals surface area contributed by atoms with Crippen molar-refractivity contribution in [2.45, 2.75) is 39.5 Å². The van der Waals surface area contributed by atoms with Crippen LogP contribution >= 0.6 is 0 Å². The Morgan fingerprint density at radius 1 is 1.33 bits per heavy atom. The van der Waals surface area contributed by atoms with E-state index in [-0.39, 0.29) is 11.7 Å². The Kier molecular flexibility index (Phi) is 5.83. The summed E-state index contributed by atoms with van der Waals surface area (Å²) in [5.74, 6) is -0.0352. The van der Waals surface area contributed by atoms with E-state index in [0.717, 1.165) is 25.7 Å². The molecule has 2 nitrogen and oxygen atoms in total. The van der Waals surface area contributed by atoms with Crippen molar-refractivity contribution in [2.24, 2.45) is 5.92 Å². The molecular weight excluding hydrogens is 231 g/mol. The van der Waals surface area contributed by atoms with Crippen LogP contribution in [0.4, 0.5) is 4.39 Å². The lowest BCUT2D eigenvalue weighted by Gasteiger charge is -2.14. The highest BCUT2D eigenvalue weighted by molar-refractivity contribution is 5.98. The summed E-state index contributed by atoms with van der Waals surface area (Å²) in [6.45, 7) is 4.09. The molecule has 0 saturated heterocycles. The summed E-state index contributed by atoms with van der Waals surface area (Å²) in [6, 6.07) is 4.18. The Balaban J connectivity index is 2.90. The Labute approximate surface area is 108 Å². The first-order valence-corrected chi connectivity index (χ1v) is 6.51. The second-order valence-corrected chi connectivity index (χ2v) is 4.49. The van der Waals surface area contributed by atoms with Crippen molar-refractivity contribution in [1.29, 1.82) is 0 Å². The molecule has 3 heteroatoms. The molecule has 0 aromatic heterocycles. The van der Waals surface area contributed by atoms with Crippen LogP contribution in [0.25, 0.3) is 0 Å². The van der Waals surface area contributed by atoms with Crippen LogP contribution in [0, 0.1) is 11.7 Å². The summed E-state index contributed by atoms with van der Waals surface area (Å²) in [6.07, 6.45) is 3.75. The summed E-state index contributed by atoms with van der Waals surface area (Å²) < 4.78 is 18.4. The quantitative estimate of drug-likeness (QED) is 0.679. The van der Waals surface area contributed by atoms with Gasteiger partial charge in [-0.05, 0) is 25.0 Å². The number of unbranched alkanes of at least 4 members (excludes halogenated alkanes) is 1. The predicted octanol–water partition coefficient (Wildman–Crippen LogP) is 4.23. The molecule has 0 amide bonds. The number of Topliss-reactive ketones (excluding diaryl/α,β-unsaturated/α-hetero) is 1. The fourth-order valence-corrected chi connectivity index (χ4v) is 2.03. The molecular formula is C15H21FO2. The number of rotatable bonds is 7. The highest BCUT2D eigenvalue weighted by Gasteiger charge is 2.19. The van der Waals surface area contributed by atoms with Gasteiger partial charge in [0.05, 0.1) is 7.11 Å². The number of hydrogen-bond acceptors (Lipinski definition) is 2. The number of benzene rings is 1. The molecule has 1 atom stereocenters. The van der Waals surface area contributed by atoms with Crippen molar-refractivity contribution < 1.29 is 13.9 Å². The van der Waals surface area contributed by atoms with Gasteiger partial charge in [0.25, 0.3) is 0 Å². The van der Waals surface area contributed by atoms with E-state index in [1.54, 1.807) is 6.07 Å². The van der Waals surface area contributed by atoms with Crippen LogP contribution in [0.5, 0.6) is 5.75 Å². The minimum atomic E-state index is -0.428. The highest BCUT2D eigenvalue weighted by Crippen LogP contribution is 2.22. The van der Waals surface area contributed by atoms with Gasteiger partial charge in [0.15, 0.2) is 5.78 Å². The van der Waals surface area contributed by atoms with Gasteiger partial charge in [-0.2, -0.15) is 0 Å². The fourth-order valence-electron chi connectivity index (χ4n) is 2.03. The molecule has 100 valence electrons. The van der Waals surface area contributed by atoms with E-state index in [2.05, 4.69) is 6.92 Å². The van der Waals surface area contributed by atoms with E-state index < -0.39 is 5.82 Å². The summed E-state index contributed by atoms with van der Waals surface area (Å²) in [4.78, 5) is 12.3. The Morgan fingerprint density at radius 2 is 2.06 bits per heavy atom. The van der Waals surface area contributed by atoms with E-state index in [1.165, 1.54) is 19.2 Å². The van der Waals surface area contributed by atoms with Crippen molar-refractivity contribution in [3.63, 3.8) is 0 Å². The largest absolute Gasteiger partial charge is 0.497 e. The molecule has 0 aliphatic rings. The fraction of sp³-hybridized carbons (Fsp3) is 0.533. The molecule has 1 unspecified atom stereocenters. The van der Waals surface area contributed by atoms with Gasteiger partial charge in [-0.15, -0.1) is 0 Å². The monoisotopic (exact) mass is 252 g/mol. The molecule has 0 radical (unpaired) electrons. The third-order valence-electron chi connectivity index (χ3n) is 3.16. The Bertz CT molecular complexity index is 401. The minimum Gasteiger partial charge on any atom is -0.497 e. The number of halogens is 1. The van der Waals surface area contributed by atoms with Crippen molar-refractivity contribution in [1.82, 2.24) is 0 Å². The van der Waals surface area contributed by atoms with E-state index in [0.29, 0.717) is 11.3 Å².